The highest BCUT2D eigenvalue weighted by Gasteiger charge is 2.35. The summed E-state index contributed by atoms with van der Waals surface area (Å²) in [6.45, 7) is 11.8. The second-order valence-electron chi connectivity index (χ2n) is 2.85. The molecule has 0 spiro atoms. The Labute approximate surface area is 86.8 Å². The Bertz CT molecular complexity index is 173. The van der Waals surface area contributed by atoms with Crippen LogP contribution in [0.25, 0.3) is 0 Å². The summed E-state index contributed by atoms with van der Waals surface area (Å²) in [4.78, 5) is 21.3. The standard InChI is InChI=1S/C7H10O3.2C2H6/c1-4(2)5-3-6(8)10-7(5)9;2*1-2/h4-5H,3H2,1-2H3;2*1-2H3. The molecule has 1 atom stereocenters. The van der Waals surface area contributed by atoms with Crippen molar-refractivity contribution < 1.29 is 14.3 Å². The Morgan fingerprint density at radius 3 is 1.71 bits per heavy atom. The summed E-state index contributed by atoms with van der Waals surface area (Å²) in [6, 6.07) is 0. The molecule has 0 amide bonds. The van der Waals surface area contributed by atoms with Crippen LogP contribution in [-0.4, -0.2) is 11.9 Å². The number of cyclic esters (lactones) is 2. The van der Waals surface area contributed by atoms with Gasteiger partial charge in [-0.15, -0.1) is 0 Å². The molecular weight excluding hydrogens is 180 g/mol. The lowest BCUT2D eigenvalue weighted by atomic mass is 9.95. The van der Waals surface area contributed by atoms with Crippen LogP contribution >= 0.6 is 0 Å². The first-order chi connectivity index (χ1) is 6.61. The summed E-state index contributed by atoms with van der Waals surface area (Å²) < 4.78 is 4.36. The summed E-state index contributed by atoms with van der Waals surface area (Å²) in [5.74, 6) is -0.741. The number of hydrogen-bond acceptors (Lipinski definition) is 3. The highest BCUT2D eigenvalue weighted by molar-refractivity contribution is 5.94. The lowest BCUT2D eigenvalue weighted by molar-refractivity contribution is -0.153. The van der Waals surface area contributed by atoms with Crippen molar-refractivity contribution in [3.05, 3.63) is 0 Å². The molecule has 1 aliphatic heterocycles. The maximum Gasteiger partial charge on any atom is 0.317 e. The largest absolute Gasteiger partial charge is 0.393 e. The average molecular weight is 202 g/mol. The minimum Gasteiger partial charge on any atom is -0.393 e. The second-order valence-corrected chi connectivity index (χ2v) is 2.85. The van der Waals surface area contributed by atoms with Gasteiger partial charge in [0.1, 0.15) is 0 Å². The van der Waals surface area contributed by atoms with Crippen molar-refractivity contribution in [2.75, 3.05) is 0 Å². The first-order valence-electron chi connectivity index (χ1n) is 5.36. The van der Waals surface area contributed by atoms with Crippen molar-refractivity contribution in [3.63, 3.8) is 0 Å². The van der Waals surface area contributed by atoms with Crippen LogP contribution in [0, 0.1) is 11.8 Å². The molecule has 1 heterocycles. The Morgan fingerprint density at radius 2 is 1.57 bits per heavy atom. The van der Waals surface area contributed by atoms with Gasteiger partial charge in [0, 0.05) is 0 Å². The Balaban J connectivity index is 0. The Hall–Kier alpha value is -0.860. The highest BCUT2D eigenvalue weighted by Crippen LogP contribution is 2.23. The monoisotopic (exact) mass is 202 g/mol. The van der Waals surface area contributed by atoms with Gasteiger partial charge in [0.15, 0.2) is 0 Å². The second kappa shape index (κ2) is 8.73. The molecule has 84 valence electrons. The molecule has 0 aromatic heterocycles. The van der Waals surface area contributed by atoms with E-state index in [1.807, 2.05) is 41.5 Å². The SMILES string of the molecule is CC.CC.CC(C)C1CC(=O)OC1=O. The van der Waals surface area contributed by atoms with E-state index in [2.05, 4.69) is 4.74 Å². The number of carbonyl (C=O) groups is 2. The average Bonchev–Trinajstić information content (AvgIpc) is 2.52. The molecule has 0 radical (unpaired) electrons. The third-order valence-corrected chi connectivity index (χ3v) is 1.71. The zero-order chi connectivity index (χ0) is 11.7. The number of ether oxygens (including phenoxy) is 1. The van der Waals surface area contributed by atoms with Gasteiger partial charge in [-0.05, 0) is 5.92 Å². The third-order valence-electron chi connectivity index (χ3n) is 1.71. The molecule has 14 heavy (non-hydrogen) atoms. The minimum absolute atomic E-state index is 0.201. The van der Waals surface area contributed by atoms with Gasteiger partial charge in [0.25, 0.3) is 0 Å². The van der Waals surface area contributed by atoms with Crippen LogP contribution in [0.5, 0.6) is 0 Å². The number of carbonyl (C=O) groups excluding carboxylic acids is 2. The van der Waals surface area contributed by atoms with E-state index in [9.17, 15) is 9.59 Å². The van der Waals surface area contributed by atoms with Crippen LogP contribution in [0.2, 0.25) is 0 Å². The van der Waals surface area contributed by atoms with Crippen molar-refractivity contribution in [1.82, 2.24) is 0 Å². The summed E-state index contributed by atoms with van der Waals surface area (Å²) in [7, 11) is 0. The van der Waals surface area contributed by atoms with E-state index in [-0.39, 0.29) is 30.2 Å². The van der Waals surface area contributed by atoms with Crippen molar-refractivity contribution >= 4 is 11.9 Å². The van der Waals surface area contributed by atoms with Crippen LogP contribution < -0.4 is 0 Å². The van der Waals surface area contributed by atoms with Gasteiger partial charge < -0.3 is 4.74 Å². The molecule has 3 heteroatoms. The van der Waals surface area contributed by atoms with Gasteiger partial charge in [-0.2, -0.15) is 0 Å². The number of hydrogen-bond donors (Lipinski definition) is 0. The predicted molar refractivity (Wildman–Crippen MR) is 56.7 cm³/mol. The molecule has 3 nitrogen and oxygen atoms in total. The van der Waals surface area contributed by atoms with Gasteiger partial charge in [0.2, 0.25) is 0 Å². The van der Waals surface area contributed by atoms with E-state index >= 15 is 0 Å². The third kappa shape index (κ3) is 5.00. The fourth-order valence-electron chi connectivity index (χ4n) is 1.00. The van der Waals surface area contributed by atoms with E-state index in [4.69, 9.17) is 0 Å². The first-order valence-corrected chi connectivity index (χ1v) is 5.36. The number of rotatable bonds is 1. The van der Waals surface area contributed by atoms with Gasteiger partial charge in [-0.25, -0.2) is 0 Å². The summed E-state index contributed by atoms with van der Waals surface area (Å²) in [5.41, 5.74) is 0. The van der Waals surface area contributed by atoms with E-state index in [1.165, 1.54) is 0 Å². The van der Waals surface area contributed by atoms with E-state index in [0.717, 1.165) is 0 Å². The zero-order valence-electron chi connectivity index (χ0n) is 10.1. The summed E-state index contributed by atoms with van der Waals surface area (Å²) >= 11 is 0. The van der Waals surface area contributed by atoms with Gasteiger partial charge in [-0.1, -0.05) is 41.5 Å². The smallest absolute Gasteiger partial charge is 0.317 e. The van der Waals surface area contributed by atoms with Crippen LogP contribution in [0.15, 0.2) is 0 Å². The van der Waals surface area contributed by atoms with Crippen LogP contribution in [0.3, 0.4) is 0 Å². The van der Waals surface area contributed by atoms with Crippen molar-refractivity contribution in [2.45, 2.75) is 48.0 Å². The molecule has 1 unspecified atom stereocenters. The molecule has 0 aromatic rings. The molecule has 0 bridgehead atoms. The molecule has 1 aliphatic rings. The topological polar surface area (TPSA) is 43.4 Å². The maximum absolute atomic E-state index is 10.8. The lowest BCUT2D eigenvalue weighted by Crippen LogP contribution is -2.13. The maximum atomic E-state index is 10.8. The van der Waals surface area contributed by atoms with Crippen molar-refractivity contribution in [2.24, 2.45) is 11.8 Å². The molecule has 0 aliphatic carbocycles. The van der Waals surface area contributed by atoms with Gasteiger partial charge >= 0.3 is 11.9 Å². The van der Waals surface area contributed by atoms with Crippen LogP contribution in [0.1, 0.15) is 48.0 Å². The van der Waals surface area contributed by atoms with E-state index < -0.39 is 0 Å². The molecule has 1 fully saturated rings. The molecular formula is C11H22O3. The minimum atomic E-state index is -0.385. The molecule has 0 aromatic carbocycles. The Morgan fingerprint density at radius 1 is 1.14 bits per heavy atom. The fourth-order valence-corrected chi connectivity index (χ4v) is 1.00. The Kier molecular flexibility index (Phi) is 9.73. The molecule has 1 saturated heterocycles. The van der Waals surface area contributed by atoms with E-state index in [1.54, 1.807) is 0 Å². The summed E-state index contributed by atoms with van der Waals surface area (Å²) in [6.07, 6.45) is 0.260. The van der Waals surface area contributed by atoms with Crippen molar-refractivity contribution in [3.8, 4) is 0 Å². The molecule has 1 rings (SSSR count). The fraction of sp³-hybridized carbons (Fsp3) is 0.818. The lowest BCUT2D eigenvalue weighted by Gasteiger charge is -2.06. The zero-order valence-corrected chi connectivity index (χ0v) is 10.1. The molecule has 0 saturated carbocycles. The van der Waals surface area contributed by atoms with Gasteiger partial charge in [-0.3, -0.25) is 9.59 Å². The highest BCUT2D eigenvalue weighted by atomic mass is 16.6. The number of esters is 2. The predicted octanol–water partition coefficient (Wildman–Crippen LogP) is 2.78. The normalized spacial score (nSPS) is 19.2. The van der Waals surface area contributed by atoms with Crippen LogP contribution in [-0.2, 0) is 14.3 Å². The van der Waals surface area contributed by atoms with Crippen LogP contribution in [0.4, 0.5) is 0 Å². The quantitative estimate of drug-likeness (QED) is 0.485. The first kappa shape index (κ1) is 15.6. The van der Waals surface area contributed by atoms with Crippen molar-refractivity contribution in [1.29, 1.82) is 0 Å². The van der Waals surface area contributed by atoms with Gasteiger partial charge in [0.05, 0.1) is 12.3 Å². The molecule has 0 N–H and O–H groups in total. The summed E-state index contributed by atoms with van der Waals surface area (Å²) in [5, 5.41) is 0. The van der Waals surface area contributed by atoms with E-state index in [0.29, 0.717) is 0 Å².